The van der Waals surface area contributed by atoms with Crippen LogP contribution in [0, 0.1) is 5.92 Å². The minimum absolute atomic E-state index is 0. The van der Waals surface area contributed by atoms with Crippen LogP contribution >= 0.6 is 12.4 Å². The van der Waals surface area contributed by atoms with Gasteiger partial charge in [-0.25, -0.2) is 0 Å². The first kappa shape index (κ1) is 19.5. The van der Waals surface area contributed by atoms with E-state index < -0.39 is 0 Å². The number of hydrogen-bond acceptors (Lipinski definition) is 3. The Labute approximate surface area is 144 Å². The fourth-order valence-electron chi connectivity index (χ4n) is 2.74. The van der Waals surface area contributed by atoms with Crippen LogP contribution in [0.5, 0.6) is 0 Å². The Morgan fingerprint density at radius 1 is 1.35 bits per heavy atom. The van der Waals surface area contributed by atoms with Gasteiger partial charge in [0.25, 0.3) is 5.91 Å². The van der Waals surface area contributed by atoms with E-state index in [4.69, 9.17) is 0 Å². The summed E-state index contributed by atoms with van der Waals surface area (Å²) in [4.78, 5) is 23.4. The maximum atomic E-state index is 11.8. The summed E-state index contributed by atoms with van der Waals surface area (Å²) in [6.07, 6.45) is 3.48. The van der Waals surface area contributed by atoms with Crippen molar-refractivity contribution in [3.05, 3.63) is 35.4 Å². The minimum Gasteiger partial charge on any atom is -0.356 e. The van der Waals surface area contributed by atoms with Crippen molar-refractivity contribution >= 4 is 24.2 Å². The Bertz CT molecular complexity index is 516. The van der Waals surface area contributed by atoms with Crippen LogP contribution in [-0.2, 0) is 11.2 Å². The van der Waals surface area contributed by atoms with E-state index in [9.17, 15) is 9.59 Å². The molecule has 0 saturated carbocycles. The zero-order chi connectivity index (χ0) is 15.8. The molecule has 1 aromatic rings. The number of benzene rings is 1. The van der Waals surface area contributed by atoms with E-state index in [0.29, 0.717) is 24.4 Å². The number of amides is 2. The average Bonchev–Trinajstić information content (AvgIpc) is 3.06. The zero-order valence-electron chi connectivity index (χ0n) is 13.6. The predicted molar refractivity (Wildman–Crippen MR) is 94.0 cm³/mol. The van der Waals surface area contributed by atoms with E-state index in [1.807, 2.05) is 18.2 Å². The van der Waals surface area contributed by atoms with E-state index in [-0.39, 0.29) is 24.2 Å². The van der Waals surface area contributed by atoms with E-state index in [0.717, 1.165) is 31.5 Å². The van der Waals surface area contributed by atoms with Gasteiger partial charge in [-0.05, 0) is 56.0 Å². The number of nitrogens with one attached hydrogen (secondary N) is 3. The number of carbonyl (C=O) groups is 2. The summed E-state index contributed by atoms with van der Waals surface area (Å²) in [6.45, 7) is 2.73. The van der Waals surface area contributed by atoms with Crippen LogP contribution in [0.15, 0.2) is 24.3 Å². The fraction of sp³-hybridized carbons (Fsp3) is 0.529. The van der Waals surface area contributed by atoms with Gasteiger partial charge in [-0.15, -0.1) is 12.4 Å². The van der Waals surface area contributed by atoms with Gasteiger partial charge < -0.3 is 16.0 Å². The van der Waals surface area contributed by atoms with Crippen molar-refractivity contribution in [3.63, 3.8) is 0 Å². The third-order valence-electron chi connectivity index (χ3n) is 4.09. The summed E-state index contributed by atoms with van der Waals surface area (Å²) in [7, 11) is 1.62. The van der Waals surface area contributed by atoms with E-state index in [1.54, 1.807) is 13.1 Å². The predicted octanol–water partition coefficient (Wildman–Crippen LogP) is 1.52. The first-order valence-electron chi connectivity index (χ1n) is 7.97. The molecule has 1 saturated heterocycles. The summed E-state index contributed by atoms with van der Waals surface area (Å²) in [5.41, 5.74) is 1.71. The summed E-state index contributed by atoms with van der Waals surface area (Å²) in [5.74, 6) is 0.681. The Kier molecular flexibility index (Phi) is 8.66. The van der Waals surface area contributed by atoms with Crippen molar-refractivity contribution in [3.8, 4) is 0 Å². The first-order chi connectivity index (χ1) is 10.7. The molecule has 2 amide bonds. The molecular weight excluding hydrogens is 314 g/mol. The summed E-state index contributed by atoms with van der Waals surface area (Å²) in [5, 5.41) is 8.89. The number of rotatable bonds is 7. The van der Waals surface area contributed by atoms with Crippen molar-refractivity contribution in [1.29, 1.82) is 0 Å². The lowest BCUT2D eigenvalue weighted by Gasteiger charge is -2.09. The van der Waals surface area contributed by atoms with Crippen LogP contribution in [0.25, 0.3) is 0 Å². The normalized spacial score (nSPS) is 16.5. The van der Waals surface area contributed by atoms with Crippen molar-refractivity contribution in [2.24, 2.45) is 5.92 Å². The van der Waals surface area contributed by atoms with Gasteiger partial charge in [0.05, 0.1) is 0 Å². The highest BCUT2D eigenvalue weighted by molar-refractivity contribution is 5.94. The second-order valence-corrected chi connectivity index (χ2v) is 5.78. The maximum absolute atomic E-state index is 11.8. The van der Waals surface area contributed by atoms with Gasteiger partial charge >= 0.3 is 0 Å². The second kappa shape index (κ2) is 10.2. The Hall–Kier alpha value is -1.59. The fourth-order valence-corrected chi connectivity index (χ4v) is 2.74. The van der Waals surface area contributed by atoms with Crippen LogP contribution in [0.2, 0.25) is 0 Å². The zero-order valence-corrected chi connectivity index (χ0v) is 14.4. The first-order valence-corrected chi connectivity index (χ1v) is 7.97. The topological polar surface area (TPSA) is 70.2 Å². The molecule has 0 aliphatic carbocycles. The molecule has 3 N–H and O–H groups in total. The molecule has 0 spiro atoms. The molecule has 1 aliphatic heterocycles. The molecule has 1 unspecified atom stereocenters. The highest BCUT2D eigenvalue weighted by Crippen LogP contribution is 2.13. The van der Waals surface area contributed by atoms with Crippen molar-refractivity contribution < 1.29 is 9.59 Å². The Morgan fingerprint density at radius 2 is 2.17 bits per heavy atom. The summed E-state index contributed by atoms with van der Waals surface area (Å²) < 4.78 is 0. The highest BCUT2D eigenvalue weighted by atomic mass is 35.5. The van der Waals surface area contributed by atoms with E-state index in [2.05, 4.69) is 16.0 Å². The second-order valence-electron chi connectivity index (χ2n) is 5.78. The molecule has 0 aromatic heterocycles. The molecule has 0 radical (unpaired) electrons. The molecule has 128 valence electrons. The summed E-state index contributed by atoms with van der Waals surface area (Å²) in [6, 6.07) is 7.50. The largest absolute Gasteiger partial charge is 0.356 e. The lowest BCUT2D eigenvalue weighted by atomic mass is 10.0. The van der Waals surface area contributed by atoms with Crippen molar-refractivity contribution in [1.82, 2.24) is 16.0 Å². The molecule has 2 rings (SSSR count). The molecular formula is C17H26ClN3O2. The average molecular weight is 340 g/mol. The lowest BCUT2D eigenvalue weighted by Crippen LogP contribution is -2.26. The molecule has 23 heavy (non-hydrogen) atoms. The third-order valence-corrected chi connectivity index (χ3v) is 4.09. The van der Waals surface area contributed by atoms with Crippen molar-refractivity contribution in [2.45, 2.75) is 25.7 Å². The van der Waals surface area contributed by atoms with Crippen molar-refractivity contribution in [2.75, 3.05) is 26.7 Å². The molecule has 1 aliphatic rings. The van der Waals surface area contributed by atoms with Gasteiger partial charge in [0.2, 0.25) is 5.91 Å². The number of hydrogen-bond donors (Lipinski definition) is 3. The van der Waals surface area contributed by atoms with Crippen LogP contribution in [0.1, 0.15) is 35.2 Å². The molecule has 0 bridgehead atoms. The molecule has 1 heterocycles. The van der Waals surface area contributed by atoms with Crippen LogP contribution in [-0.4, -0.2) is 38.5 Å². The summed E-state index contributed by atoms with van der Waals surface area (Å²) >= 11 is 0. The molecule has 1 aromatic carbocycles. The Balaban J connectivity index is 0.00000264. The minimum atomic E-state index is -0.0870. The van der Waals surface area contributed by atoms with Gasteiger partial charge in [-0.2, -0.15) is 0 Å². The standard InChI is InChI=1S/C17H25N3O2.ClH/c1-18-17(22)15-4-2-3-13(11-15)8-10-20-16(21)6-5-14-7-9-19-12-14;/h2-4,11,14,19H,5-10,12H2,1H3,(H,18,22)(H,20,21);1H. The Morgan fingerprint density at radius 3 is 2.87 bits per heavy atom. The van der Waals surface area contributed by atoms with Gasteiger partial charge in [0.1, 0.15) is 0 Å². The molecule has 5 nitrogen and oxygen atoms in total. The van der Waals surface area contributed by atoms with E-state index in [1.165, 1.54) is 6.42 Å². The quantitative estimate of drug-likeness (QED) is 0.705. The van der Waals surface area contributed by atoms with E-state index >= 15 is 0 Å². The smallest absolute Gasteiger partial charge is 0.251 e. The van der Waals surface area contributed by atoms with Gasteiger partial charge in [0, 0.05) is 25.6 Å². The molecule has 1 atom stereocenters. The third kappa shape index (κ3) is 6.59. The van der Waals surface area contributed by atoms with Crippen LogP contribution < -0.4 is 16.0 Å². The lowest BCUT2D eigenvalue weighted by molar-refractivity contribution is -0.121. The van der Waals surface area contributed by atoms with Crippen LogP contribution in [0.3, 0.4) is 0 Å². The maximum Gasteiger partial charge on any atom is 0.251 e. The number of halogens is 1. The molecule has 6 heteroatoms. The monoisotopic (exact) mass is 339 g/mol. The van der Waals surface area contributed by atoms with Gasteiger partial charge in [-0.1, -0.05) is 12.1 Å². The van der Waals surface area contributed by atoms with Crippen LogP contribution in [0.4, 0.5) is 0 Å². The SMILES string of the molecule is CNC(=O)c1cccc(CCNC(=O)CCC2CCNC2)c1.Cl. The number of carbonyl (C=O) groups excluding carboxylic acids is 2. The highest BCUT2D eigenvalue weighted by Gasteiger charge is 2.15. The van der Waals surface area contributed by atoms with Gasteiger partial charge in [0.15, 0.2) is 0 Å². The van der Waals surface area contributed by atoms with Gasteiger partial charge in [-0.3, -0.25) is 9.59 Å². The molecule has 1 fully saturated rings.